The van der Waals surface area contributed by atoms with E-state index in [1.54, 1.807) is 16.6 Å². The molecule has 0 heterocycles. The highest BCUT2D eigenvalue weighted by Crippen LogP contribution is 1.66. The van der Waals surface area contributed by atoms with Crippen LogP contribution in [0.15, 0.2) is 0 Å². The molecule has 0 aliphatic heterocycles. The third-order valence-corrected chi connectivity index (χ3v) is 0.866. The van der Waals surface area contributed by atoms with Gasteiger partial charge in [-0.1, -0.05) is 5.28 Å². The molecule has 0 aliphatic carbocycles. The molecule has 1 nitrogen and oxygen atoms in total. The molecule has 0 N–H and O–H groups in total. The van der Waals surface area contributed by atoms with E-state index in [2.05, 4.69) is 0 Å². The minimum absolute atomic E-state index is 0.914. The summed E-state index contributed by atoms with van der Waals surface area (Å²) in [5.41, 5.74) is 0. The second kappa shape index (κ2) is 5.02. The fourth-order valence-electron chi connectivity index (χ4n) is 0.102. The highest BCUT2D eigenvalue weighted by molar-refractivity contribution is 6.08. The summed E-state index contributed by atoms with van der Waals surface area (Å²) in [6.45, 7) is 0.914. The molecule has 3 heteroatoms. The van der Waals surface area contributed by atoms with Crippen LogP contribution < -0.4 is 0 Å². The van der Waals surface area contributed by atoms with Crippen molar-refractivity contribution in [1.82, 2.24) is 0 Å². The van der Waals surface area contributed by atoms with Crippen molar-refractivity contribution >= 4 is 32.9 Å². The standard InChI is InChI=1S/C2H4O.2Al.2H/c1-2-3;;;;/h1-2H2;;;;/q-1;;+1;;. The Morgan fingerprint density at radius 1 is 1.60 bits per heavy atom. The van der Waals surface area contributed by atoms with Gasteiger partial charge in [-0.15, -0.1) is 0 Å². The fourth-order valence-corrected chi connectivity index (χ4v) is 0.919. The Bertz CT molecular complexity index is 15.1. The van der Waals surface area contributed by atoms with Gasteiger partial charge >= 0.3 is 16.6 Å². The Morgan fingerprint density at radius 3 is 2.20 bits per heavy atom. The zero-order chi connectivity index (χ0) is 4.12. The van der Waals surface area contributed by atoms with Crippen LogP contribution in [0.3, 0.4) is 0 Å². The molecule has 26 valence electrons. The molecule has 5 heavy (non-hydrogen) atoms. The number of rotatable bonds is 2. The third-order valence-electron chi connectivity index (χ3n) is 0.289. The highest BCUT2D eigenvalue weighted by atomic mass is 27.1. The molecule has 0 bridgehead atoms. The molecule has 0 fully saturated rings. The van der Waals surface area contributed by atoms with Crippen molar-refractivity contribution in [2.45, 2.75) is 5.28 Å². The maximum absolute atomic E-state index is 4.73. The first-order valence-corrected chi connectivity index (χ1v) is 3.15. The van der Waals surface area contributed by atoms with E-state index >= 15 is 0 Å². The summed E-state index contributed by atoms with van der Waals surface area (Å²) in [7, 11) is 0. The summed E-state index contributed by atoms with van der Waals surface area (Å²) in [5.74, 6) is 0. The highest BCUT2D eigenvalue weighted by Gasteiger charge is 1.66. The molecule has 0 saturated carbocycles. The first-order chi connectivity index (χ1) is 2.41. The molecule has 0 aromatic heterocycles. The van der Waals surface area contributed by atoms with E-state index in [-0.39, 0.29) is 0 Å². The maximum atomic E-state index is 4.73. The van der Waals surface area contributed by atoms with Crippen molar-refractivity contribution in [3.63, 3.8) is 0 Å². The Balaban J connectivity index is 2.19. The normalized spacial score (nSPS) is 8.00. The lowest BCUT2D eigenvalue weighted by atomic mass is 10.9. The Hall–Kier alpha value is 1.02. The Morgan fingerprint density at radius 2 is 2.20 bits per heavy atom. The van der Waals surface area contributed by atoms with Crippen LogP contribution in [0.4, 0.5) is 0 Å². The molecule has 0 spiro atoms. The minimum Gasteiger partial charge on any atom is -0.511 e. The smallest absolute Gasteiger partial charge is 0.394 e. The van der Waals surface area contributed by atoms with E-state index in [0.29, 0.717) is 0 Å². The van der Waals surface area contributed by atoms with Gasteiger partial charge in [-0.2, -0.15) is 0 Å². The van der Waals surface area contributed by atoms with E-state index < -0.39 is 0 Å². The molecule has 0 rings (SSSR count). The molecule has 2 radical (unpaired) electrons. The van der Waals surface area contributed by atoms with Crippen LogP contribution in [0, 0.1) is 0 Å². The predicted octanol–water partition coefficient (Wildman–Crippen LogP) is -0.862. The van der Waals surface area contributed by atoms with Crippen molar-refractivity contribution in [2.75, 3.05) is 6.61 Å². The number of hydrogen-bond acceptors (Lipinski definition) is 1. The maximum Gasteiger partial charge on any atom is 0.394 e. The van der Waals surface area contributed by atoms with Crippen molar-refractivity contribution < 1.29 is 3.79 Å². The molecule has 0 aromatic rings. The van der Waals surface area contributed by atoms with Gasteiger partial charge in [-0.05, 0) is 6.61 Å². The van der Waals surface area contributed by atoms with Gasteiger partial charge < -0.3 is 3.79 Å². The van der Waals surface area contributed by atoms with E-state index in [1.807, 2.05) is 16.3 Å². The zero-order valence-corrected chi connectivity index (χ0v) is 6.07. The fraction of sp³-hybridized carbons (Fsp3) is 1.00. The predicted molar refractivity (Wildman–Crippen MR) is 25.1 cm³/mol. The topological polar surface area (TPSA) is 9.23 Å². The second-order valence-corrected chi connectivity index (χ2v) is 1.88. The molecule has 0 aliphatic rings. The first-order valence-electron chi connectivity index (χ1n) is 1.58. The average Bonchev–Trinajstić information content (AvgIpc) is 1.41. The van der Waals surface area contributed by atoms with Gasteiger partial charge in [0.05, 0.1) is 0 Å². The summed E-state index contributed by atoms with van der Waals surface area (Å²) in [5, 5.41) is 1.16. The molecule has 0 amide bonds. The van der Waals surface area contributed by atoms with Gasteiger partial charge in [0.2, 0.25) is 0 Å². The first kappa shape index (κ1) is 6.02. The van der Waals surface area contributed by atoms with Crippen LogP contribution in [0.1, 0.15) is 0 Å². The Labute approximate surface area is 48.9 Å². The molecule has 0 saturated heterocycles. The van der Waals surface area contributed by atoms with Crippen LogP contribution in [-0.2, 0) is 3.79 Å². The van der Waals surface area contributed by atoms with E-state index in [4.69, 9.17) is 3.79 Å². The average molecular weight is 100 g/mol. The van der Waals surface area contributed by atoms with Gasteiger partial charge in [0.15, 0.2) is 16.3 Å². The SMILES string of the molecule is [AlH][CH2]C[O][AlH]. The van der Waals surface area contributed by atoms with Gasteiger partial charge in [-0.25, -0.2) is 0 Å². The summed E-state index contributed by atoms with van der Waals surface area (Å²) in [6, 6.07) is 0. The minimum atomic E-state index is 0.914. The van der Waals surface area contributed by atoms with Crippen LogP contribution >= 0.6 is 0 Å². The zero-order valence-electron chi connectivity index (χ0n) is 3.24. The quantitative estimate of drug-likeness (QED) is 0.410. The lowest BCUT2D eigenvalue weighted by Gasteiger charge is -1.87. The van der Waals surface area contributed by atoms with Crippen LogP contribution in [-0.4, -0.2) is 39.5 Å². The largest absolute Gasteiger partial charge is 0.511 e. The second-order valence-electron chi connectivity index (χ2n) is 0.762. The van der Waals surface area contributed by atoms with E-state index in [0.717, 1.165) is 11.9 Å². The monoisotopic (exact) mass is 100 g/mol. The van der Waals surface area contributed by atoms with Crippen molar-refractivity contribution in [1.29, 1.82) is 0 Å². The van der Waals surface area contributed by atoms with E-state index in [9.17, 15) is 0 Å². The lowest BCUT2D eigenvalue weighted by molar-refractivity contribution is 0.376. The third kappa shape index (κ3) is 5.02. The number of hydrogen-bond donors (Lipinski definition) is 0. The molecular formula is C2H6Al2O. The summed E-state index contributed by atoms with van der Waals surface area (Å²) >= 11 is 3.48. The molecular weight excluding hydrogens is 94.0 g/mol. The van der Waals surface area contributed by atoms with Crippen LogP contribution in [0.2, 0.25) is 5.28 Å². The van der Waals surface area contributed by atoms with Crippen molar-refractivity contribution in [2.24, 2.45) is 0 Å². The summed E-state index contributed by atoms with van der Waals surface area (Å²) in [4.78, 5) is 0. The molecule has 0 atom stereocenters. The van der Waals surface area contributed by atoms with Crippen LogP contribution in [0.25, 0.3) is 0 Å². The molecule has 0 unspecified atom stereocenters. The van der Waals surface area contributed by atoms with Crippen LogP contribution in [0.5, 0.6) is 0 Å². The van der Waals surface area contributed by atoms with Gasteiger partial charge in [0.25, 0.3) is 0 Å². The van der Waals surface area contributed by atoms with E-state index in [1.165, 1.54) is 0 Å². The van der Waals surface area contributed by atoms with Crippen molar-refractivity contribution in [3.05, 3.63) is 0 Å². The molecule has 0 aromatic carbocycles. The lowest BCUT2D eigenvalue weighted by Crippen LogP contribution is -1.84. The van der Waals surface area contributed by atoms with Gasteiger partial charge in [-0.3, -0.25) is 0 Å². The van der Waals surface area contributed by atoms with Crippen molar-refractivity contribution in [3.8, 4) is 0 Å². The van der Waals surface area contributed by atoms with Gasteiger partial charge in [0, 0.05) is 0 Å². The summed E-state index contributed by atoms with van der Waals surface area (Å²) in [6.07, 6.45) is 0. The van der Waals surface area contributed by atoms with Gasteiger partial charge in [0.1, 0.15) is 0 Å². The summed E-state index contributed by atoms with van der Waals surface area (Å²) < 4.78 is 4.73. The Kier molecular flexibility index (Phi) is 6.05.